The van der Waals surface area contributed by atoms with Crippen molar-refractivity contribution in [1.82, 2.24) is 0 Å². The zero-order chi connectivity index (χ0) is 19.3. The zero-order valence-electron chi connectivity index (χ0n) is 15.0. The Labute approximate surface area is 172 Å². The number of carbonyl (C=O) groups is 1. The van der Waals surface area contributed by atoms with Crippen LogP contribution in [0.4, 0.5) is 0 Å². The summed E-state index contributed by atoms with van der Waals surface area (Å²) in [7, 11) is 0. The summed E-state index contributed by atoms with van der Waals surface area (Å²) >= 11 is 3.43. The Morgan fingerprint density at radius 1 is 0.929 bits per heavy atom. The molecule has 0 aromatic heterocycles. The Kier molecular flexibility index (Phi) is 5.40. The van der Waals surface area contributed by atoms with Gasteiger partial charge < -0.3 is 9.47 Å². The fourth-order valence-corrected chi connectivity index (χ4v) is 3.31. The molecule has 4 heteroatoms. The van der Waals surface area contributed by atoms with E-state index in [4.69, 9.17) is 9.47 Å². The minimum absolute atomic E-state index is 0.120. The molecule has 0 spiro atoms. The van der Waals surface area contributed by atoms with Crippen LogP contribution in [0, 0.1) is 0 Å². The van der Waals surface area contributed by atoms with Crippen LogP contribution in [0.5, 0.6) is 11.5 Å². The van der Waals surface area contributed by atoms with Crippen LogP contribution in [0.3, 0.4) is 0 Å². The van der Waals surface area contributed by atoms with Gasteiger partial charge in [0.1, 0.15) is 18.1 Å². The highest BCUT2D eigenvalue weighted by atomic mass is 79.9. The number of hydrogen-bond acceptors (Lipinski definition) is 3. The smallest absolute Gasteiger partial charge is 0.231 e. The Morgan fingerprint density at radius 3 is 2.57 bits per heavy atom. The lowest BCUT2D eigenvalue weighted by atomic mass is 10.1. The molecule has 0 amide bonds. The molecule has 0 saturated heterocycles. The van der Waals surface area contributed by atoms with Gasteiger partial charge in [-0.1, -0.05) is 64.5 Å². The van der Waals surface area contributed by atoms with Gasteiger partial charge in [0.05, 0.1) is 5.56 Å². The van der Waals surface area contributed by atoms with Gasteiger partial charge in [0.25, 0.3) is 0 Å². The molecular formula is C24H17BrO3. The normalized spacial score (nSPS) is 14.3. The molecule has 28 heavy (non-hydrogen) atoms. The molecule has 0 saturated carbocycles. The Bertz CT molecular complexity index is 1070. The highest BCUT2D eigenvalue weighted by Crippen LogP contribution is 2.35. The van der Waals surface area contributed by atoms with Crippen molar-refractivity contribution in [2.24, 2.45) is 0 Å². The van der Waals surface area contributed by atoms with Gasteiger partial charge in [-0.25, -0.2) is 0 Å². The maximum atomic E-state index is 12.6. The molecule has 0 atom stereocenters. The van der Waals surface area contributed by atoms with E-state index in [-0.39, 0.29) is 5.78 Å². The highest BCUT2D eigenvalue weighted by molar-refractivity contribution is 9.10. The van der Waals surface area contributed by atoms with Crippen LogP contribution in [0.2, 0.25) is 0 Å². The third kappa shape index (κ3) is 4.24. The summed E-state index contributed by atoms with van der Waals surface area (Å²) < 4.78 is 12.5. The van der Waals surface area contributed by atoms with Crippen LogP contribution in [-0.2, 0) is 0 Å². The fourth-order valence-electron chi connectivity index (χ4n) is 2.90. The maximum Gasteiger partial charge on any atom is 0.231 e. The van der Waals surface area contributed by atoms with E-state index in [2.05, 4.69) is 15.9 Å². The molecule has 0 aliphatic carbocycles. The Hall–Kier alpha value is -3.11. The van der Waals surface area contributed by atoms with Gasteiger partial charge in [-0.2, -0.15) is 0 Å². The van der Waals surface area contributed by atoms with Crippen LogP contribution in [-0.4, -0.2) is 12.4 Å². The predicted octanol–water partition coefficient (Wildman–Crippen LogP) is 6.16. The lowest BCUT2D eigenvalue weighted by Gasteiger charge is -2.04. The molecule has 138 valence electrons. The zero-order valence-corrected chi connectivity index (χ0v) is 16.6. The molecular weight excluding hydrogens is 416 g/mol. The average Bonchev–Trinajstić information content (AvgIpc) is 3.01. The molecule has 3 aromatic carbocycles. The number of rotatable bonds is 5. The van der Waals surface area contributed by atoms with Crippen molar-refractivity contribution in [3.05, 3.63) is 106 Å². The monoisotopic (exact) mass is 432 g/mol. The summed E-state index contributed by atoms with van der Waals surface area (Å²) in [6.45, 7) is 0.433. The van der Waals surface area contributed by atoms with E-state index in [1.807, 2.05) is 66.7 Å². The number of allylic oxidation sites excluding steroid dienone is 1. The van der Waals surface area contributed by atoms with E-state index in [1.54, 1.807) is 24.3 Å². The van der Waals surface area contributed by atoms with Crippen LogP contribution in [0.1, 0.15) is 21.5 Å². The second kappa shape index (κ2) is 8.28. The van der Waals surface area contributed by atoms with Crippen LogP contribution >= 0.6 is 15.9 Å². The summed E-state index contributed by atoms with van der Waals surface area (Å²) in [6, 6.07) is 23.0. The van der Waals surface area contributed by atoms with E-state index < -0.39 is 0 Å². The number of carbonyl (C=O) groups excluding carboxylic acids is 1. The van der Waals surface area contributed by atoms with E-state index >= 15 is 0 Å². The van der Waals surface area contributed by atoms with E-state index in [1.165, 1.54) is 0 Å². The van der Waals surface area contributed by atoms with Gasteiger partial charge in [-0.05, 0) is 47.5 Å². The SMILES string of the molecule is O=C1/C(=C/c2cccc(Br)c2)Oc2cc(OC/C=C/c3ccccc3)ccc21. The first-order chi connectivity index (χ1) is 13.7. The number of hydrogen-bond donors (Lipinski definition) is 0. The number of benzene rings is 3. The second-order valence-corrected chi connectivity index (χ2v) is 7.19. The molecule has 1 aliphatic rings. The van der Waals surface area contributed by atoms with E-state index in [0.717, 1.165) is 15.6 Å². The lowest BCUT2D eigenvalue weighted by Crippen LogP contribution is -1.98. The third-order valence-corrected chi connectivity index (χ3v) is 4.74. The molecule has 1 aliphatic heterocycles. The molecule has 0 radical (unpaired) electrons. The van der Waals surface area contributed by atoms with Gasteiger partial charge in [-0.15, -0.1) is 0 Å². The molecule has 0 unspecified atom stereocenters. The number of halogens is 1. The van der Waals surface area contributed by atoms with Gasteiger partial charge in [0.15, 0.2) is 5.76 Å². The van der Waals surface area contributed by atoms with Crippen molar-refractivity contribution < 1.29 is 14.3 Å². The van der Waals surface area contributed by atoms with Crippen molar-refractivity contribution in [1.29, 1.82) is 0 Å². The first-order valence-electron chi connectivity index (χ1n) is 8.87. The number of ether oxygens (including phenoxy) is 2. The van der Waals surface area contributed by atoms with Crippen LogP contribution in [0.25, 0.3) is 12.2 Å². The van der Waals surface area contributed by atoms with Crippen molar-refractivity contribution in [2.45, 2.75) is 0 Å². The minimum Gasteiger partial charge on any atom is -0.489 e. The first-order valence-corrected chi connectivity index (χ1v) is 9.66. The maximum absolute atomic E-state index is 12.6. The van der Waals surface area contributed by atoms with E-state index in [9.17, 15) is 4.79 Å². The van der Waals surface area contributed by atoms with Crippen LogP contribution < -0.4 is 9.47 Å². The third-order valence-electron chi connectivity index (χ3n) is 4.24. The first kappa shape index (κ1) is 18.3. The quantitative estimate of drug-likeness (QED) is 0.453. The van der Waals surface area contributed by atoms with Gasteiger partial charge in [-0.3, -0.25) is 4.79 Å². The molecule has 4 rings (SSSR count). The summed E-state index contributed by atoms with van der Waals surface area (Å²) in [5, 5.41) is 0. The van der Waals surface area contributed by atoms with E-state index in [0.29, 0.717) is 29.4 Å². The largest absolute Gasteiger partial charge is 0.489 e. The van der Waals surface area contributed by atoms with Crippen molar-refractivity contribution in [3.8, 4) is 11.5 Å². The second-order valence-electron chi connectivity index (χ2n) is 6.28. The van der Waals surface area contributed by atoms with Crippen molar-refractivity contribution in [2.75, 3.05) is 6.61 Å². The topological polar surface area (TPSA) is 35.5 Å². The summed E-state index contributed by atoms with van der Waals surface area (Å²) in [5.74, 6) is 1.38. The molecule has 0 N–H and O–H groups in total. The van der Waals surface area contributed by atoms with Gasteiger partial charge >= 0.3 is 0 Å². The van der Waals surface area contributed by atoms with Gasteiger partial charge in [0, 0.05) is 10.5 Å². The number of Topliss-reactive ketones (excluding diaryl/α,β-unsaturated/α-hetero) is 1. The number of ketones is 1. The Morgan fingerprint density at radius 2 is 1.75 bits per heavy atom. The fraction of sp³-hybridized carbons (Fsp3) is 0.0417. The van der Waals surface area contributed by atoms with Crippen molar-refractivity contribution in [3.63, 3.8) is 0 Å². The minimum atomic E-state index is -0.120. The molecule has 3 aromatic rings. The lowest BCUT2D eigenvalue weighted by molar-refractivity contribution is 0.101. The standard InChI is InChI=1S/C24H17BrO3/c25-19-10-4-8-18(14-19)15-23-24(26)21-12-11-20(16-22(21)28-23)27-13-5-9-17-6-2-1-3-7-17/h1-12,14-16H,13H2/b9-5+,23-15-. The molecule has 0 fully saturated rings. The molecule has 1 heterocycles. The summed E-state index contributed by atoms with van der Waals surface area (Å²) in [4.78, 5) is 12.6. The number of fused-ring (bicyclic) bond motifs is 1. The summed E-state index contributed by atoms with van der Waals surface area (Å²) in [5.41, 5.74) is 2.57. The molecule has 3 nitrogen and oxygen atoms in total. The van der Waals surface area contributed by atoms with Crippen molar-refractivity contribution >= 4 is 33.9 Å². The summed E-state index contributed by atoms with van der Waals surface area (Å²) in [6.07, 6.45) is 5.70. The Balaban J connectivity index is 1.44. The average molecular weight is 433 g/mol. The van der Waals surface area contributed by atoms with Gasteiger partial charge in [0.2, 0.25) is 5.78 Å². The highest BCUT2D eigenvalue weighted by Gasteiger charge is 2.27. The predicted molar refractivity (Wildman–Crippen MR) is 114 cm³/mol. The molecule has 0 bridgehead atoms. The van der Waals surface area contributed by atoms with Crippen LogP contribution in [0.15, 0.2) is 89.1 Å².